The van der Waals surface area contributed by atoms with Crippen molar-refractivity contribution in [1.82, 2.24) is 20.2 Å². The second kappa shape index (κ2) is 8.67. The molecule has 6 heteroatoms. The van der Waals surface area contributed by atoms with Gasteiger partial charge in [0.2, 0.25) is 0 Å². The Morgan fingerprint density at radius 1 is 0.919 bits per heavy atom. The number of aryl methyl sites for hydroxylation is 1. The molecule has 1 aromatic heterocycles. The Balaban J connectivity index is 1.17. The summed E-state index contributed by atoms with van der Waals surface area (Å²) >= 11 is 0. The van der Waals surface area contributed by atoms with Crippen LogP contribution in [0.25, 0.3) is 0 Å². The molecule has 0 saturated carbocycles. The first kappa shape index (κ1) is 22.8. The first-order valence-corrected chi connectivity index (χ1v) is 15.1. The first-order chi connectivity index (χ1) is 18.2. The van der Waals surface area contributed by atoms with Gasteiger partial charge in [-0.2, -0.15) is 9.97 Å². The van der Waals surface area contributed by atoms with Crippen molar-refractivity contribution in [3.8, 4) is 6.01 Å². The lowest BCUT2D eigenvalue weighted by Crippen LogP contribution is -2.53. The van der Waals surface area contributed by atoms with Crippen LogP contribution in [-0.2, 0) is 24.7 Å². The van der Waals surface area contributed by atoms with Gasteiger partial charge in [-0.25, -0.2) is 0 Å². The number of ether oxygens (including phenoxy) is 1. The van der Waals surface area contributed by atoms with E-state index in [1.54, 1.807) is 11.1 Å². The number of hydrogen-bond acceptors (Lipinski definition) is 6. The summed E-state index contributed by atoms with van der Waals surface area (Å²) in [5, 5.41) is 3.66. The van der Waals surface area contributed by atoms with Crippen LogP contribution in [0.3, 0.4) is 0 Å². The van der Waals surface area contributed by atoms with Gasteiger partial charge in [-0.05, 0) is 101 Å². The molecule has 37 heavy (non-hydrogen) atoms. The highest BCUT2D eigenvalue weighted by Gasteiger charge is 2.46. The number of benzene rings is 1. The van der Waals surface area contributed by atoms with Gasteiger partial charge in [-0.3, -0.25) is 4.90 Å². The summed E-state index contributed by atoms with van der Waals surface area (Å²) in [4.78, 5) is 15.8. The van der Waals surface area contributed by atoms with Crippen LogP contribution in [0.5, 0.6) is 6.01 Å². The third-order valence-corrected chi connectivity index (χ3v) is 11.0. The number of hydrogen-bond donors (Lipinski definition) is 1. The molecule has 2 aliphatic carbocycles. The van der Waals surface area contributed by atoms with Crippen molar-refractivity contribution >= 4 is 5.82 Å². The minimum absolute atomic E-state index is 0.219. The van der Waals surface area contributed by atoms with Gasteiger partial charge in [0.05, 0.1) is 11.2 Å². The third kappa shape index (κ3) is 3.58. The zero-order valence-corrected chi connectivity index (χ0v) is 22.2. The number of fused-ring (bicyclic) bond motifs is 6. The molecule has 1 N–H and O–H groups in total. The smallest absolute Gasteiger partial charge is 0.318 e. The van der Waals surface area contributed by atoms with E-state index in [4.69, 9.17) is 14.7 Å². The summed E-state index contributed by atoms with van der Waals surface area (Å²) in [5.41, 5.74) is 6.28. The zero-order valence-electron chi connectivity index (χ0n) is 22.2. The third-order valence-electron chi connectivity index (χ3n) is 11.0. The van der Waals surface area contributed by atoms with Gasteiger partial charge in [-0.1, -0.05) is 24.3 Å². The SMILES string of the molecule is c1ccc2c(c1)CCCC21CCc2c(nc(OCC34CCCN3CCC4)nc2N2[C@@H]3CC[C@H]2CNC3)C1. The van der Waals surface area contributed by atoms with Crippen LogP contribution in [0.2, 0.25) is 0 Å². The lowest BCUT2D eigenvalue weighted by atomic mass is 9.62. The van der Waals surface area contributed by atoms with E-state index in [2.05, 4.69) is 39.4 Å². The van der Waals surface area contributed by atoms with Crippen molar-refractivity contribution in [3.05, 3.63) is 46.6 Å². The summed E-state index contributed by atoms with van der Waals surface area (Å²) in [6, 6.07) is 11.0. The molecule has 196 valence electrons. The Labute approximate surface area is 221 Å². The highest BCUT2D eigenvalue weighted by Crippen LogP contribution is 2.48. The Bertz CT molecular complexity index is 1170. The number of aromatic nitrogens is 2. The molecule has 1 unspecified atom stereocenters. The molecule has 4 fully saturated rings. The van der Waals surface area contributed by atoms with Crippen molar-refractivity contribution < 1.29 is 4.74 Å². The van der Waals surface area contributed by atoms with Crippen molar-refractivity contribution in [3.63, 3.8) is 0 Å². The Kier molecular flexibility index (Phi) is 5.34. The van der Waals surface area contributed by atoms with E-state index in [1.165, 1.54) is 94.4 Å². The largest absolute Gasteiger partial charge is 0.461 e. The molecule has 4 aliphatic heterocycles. The molecular weight excluding hydrogens is 458 g/mol. The van der Waals surface area contributed by atoms with Gasteiger partial charge < -0.3 is 15.0 Å². The molecule has 2 aromatic rings. The maximum Gasteiger partial charge on any atom is 0.318 e. The van der Waals surface area contributed by atoms with Gasteiger partial charge in [0.1, 0.15) is 12.4 Å². The number of anilines is 1. The molecule has 1 aromatic carbocycles. The fourth-order valence-electron chi connectivity index (χ4n) is 9.18. The van der Waals surface area contributed by atoms with Crippen LogP contribution >= 0.6 is 0 Å². The van der Waals surface area contributed by atoms with Crippen LogP contribution in [-0.4, -0.2) is 65.3 Å². The standard InChI is InChI=1S/C31H41N5O/c1-2-8-26-22(6-1)7-3-12-30(26)15-11-25-27(18-30)33-29(37-21-31-13-4-16-35(31)17-5-14-31)34-28(25)36-23-9-10-24(36)20-32-19-23/h1-2,6,8,23-24,32H,3-5,7,9-21H2/t23-,24+,30?. The molecule has 1 spiro atoms. The number of rotatable bonds is 4. The molecule has 5 heterocycles. The zero-order chi connectivity index (χ0) is 24.5. The second-order valence-corrected chi connectivity index (χ2v) is 12.9. The molecule has 4 saturated heterocycles. The average Bonchev–Trinajstić information content (AvgIpc) is 3.57. The van der Waals surface area contributed by atoms with Crippen molar-refractivity contribution in [2.24, 2.45) is 0 Å². The van der Waals surface area contributed by atoms with Gasteiger partial charge >= 0.3 is 6.01 Å². The van der Waals surface area contributed by atoms with Crippen LogP contribution in [0.15, 0.2) is 24.3 Å². The summed E-state index contributed by atoms with van der Waals surface area (Å²) in [6.07, 6.45) is 14.7. The quantitative estimate of drug-likeness (QED) is 0.681. The maximum absolute atomic E-state index is 6.62. The minimum Gasteiger partial charge on any atom is -0.461 e. The monoisotopic (exact) mass is 499 g/mol. The van der Waals surface area contributed by atoms with E-state index in [0.29, 0.717) is 18.1 Å². The van der Waals surface area contributed by atoms with Crippen LogP contribution in [0.1, 0.15) is 80.2 Å². The Morgan fingerprint density at radius 2 is 1.73 bits per heavy atom. The molecule has 6 aliphatic rings. The summed E-state index contributed by atoms with van der Waals surface area (Å²) in [6.45, 7) is 5.34. The van der Waals surface area contributed by atoms with E-state index in [0.717, 1.165) is 32.5 Å². The van der Waals surface area contributed by atoms with Crippen molar-refractivity contribution in [1.29, 1.82) is 0 Å². The molecule has 2 bridgehead atoms. The normalized spacial score (nSPS) is 31.8. The van der Waals surface area contributed by atoms with Gasteiger partial charge in [0.15, 0.2) is 0 Å². The summed E-state index contributed by atoms with van der Waals surface area (Å²) in [5.74, 6) is 1.21. The van der Waals surface area contributed by atoms with Gasteiger partial charge in [-0.15, -0.1) is 0 Å². The lowest BCUT2D eigenvalue weighted by Gasteiger charge is -2.44. The molecule has 0 amide bonds. The van der Waals surface area contributed by atoms with E-state index < -0.39 is 0 Å². The van der Waals surface area contributed by atoms with Crippen molar-refractivity contribution in [2.45, 2.75) is 100 Å². The van der Waals surface area contributed by atoms with Gasteiger partial charge in [0, 0.05) is 36.2 Å². The van der Waals surface area contributed by atoms with Crippen molar-refractivity contribution in [2.75, 3.05) is 37.7 Å². The van der Waals surface area contributed by atoms with E-state index in [1.807, 2.05) is 0 Å². The number of piperazine rings is 1. The number of nitrogens with zero attached hydrogens (tertiary/aromatic N) is 4. The van der Waals surface area contributed by atoms with E-state index >= 15 is 0 Å². The Morgan fingerprint density at radius 3 is 2.57 bits per heavy atom. The predicted molar refractivity (Wildman–Crippen MR) is 146 cm³/mol. The molecule has 8 rings (SSSR count). The highest BCUT2D eigenvalue weighted by atomic mass is 16.5. The lowest BCUT2D eigenvalue weighted by molar-refractivity contribution is 0.107. The molecular formula is C31H41N5O. The number of nitrogens with one attached hydrogen (secondary N) is 1. The summed E-state index contributed by atoms with van der Waals surface area (Å²) < 4.78 is 6.62. The molecule has 0 radical (unpaired) electrons. The fourth-order valence-corrected chi connectivity index (χ4v) is 9.18. The fraction of sp³-hybridized carbons (Fsp3) is 0.677. The highest BCUT2D eigenvalue weighted by molar-refractivity contribution is 5.56. The minimum atomic E-state index is 0.219. The van der Waals surface area contributed by atoms with Crippen LogP contribution in [0, 0.1) is 0 Å². The maximum atomic E-state index is 6.62. The van der Waals surface area contributed by atoms with Crippen LogP contribution < -0.4 is 15.0 Å². The van der Waals surface area contributed by atoms with Gasteiger partial charge in [0.25, 0.3) is 0 Å². The van der Waals surface area contributed by atoms with E-state index in [9.17, 15) is 0 Å². The molecule has 3 atom stereocenters. The second-order valence-electron chi connectivity index (χ2n) is 12.9. The molecule has 6 nitrogen and oxygen atoms in total. The predicted octanol–water partition coefficient (Wildman–Crippen LogP) is 4.19. The Hall–Kier alpha value is -2.18. The topological polar surface area (TPSA) is 53.5 Å². The summed E-state index contributed by atoms with van der Waals surface area (Å²) in [7, 11) is 0. The average molecular weight is 500 g/mol. The van der Waals surface area contributed by atoms with Crippen LogP contribution in [0.4, 0.5) is 5.82 Å². The first-order valence-electron chi connectivity index (χ1n) is 15.1. The van der Waals surface area contributed by atoms with E-state index in [-0.39, 0.29) is 11.0 Å².